The van der Waals surface area contributed by atoms with E-state index in [0.29, 0.717) is 25.1 Å². The Kier molecular flexibility index (Phi) is 5.43. The van der Waals surface area contributed by atoms with Gasteiger partial charge in [0.15, 0.2) is 0 Å². The third-order valence-corrected chi connectivity index (χ3v) is 4.39. The summed E-state index contributed by atoms with van der Waals surface area (Å²) in [5.74, 6) is 0. The van der Waals surface area contributed by atoms with Crippen molar-refractivity contribution in [2.24, 2.45) is 0 Å². The van der Waals surface area contributed by atoms with Crippen LogP contribution in [-0.4, -0.2) is 59.8 Å². The van der Waals surface area contributed by atoms with Crippen molar-refractivity contribution in [3.8, 4) is 6.07 Å². The predicted octanol–water partition coefficient (Wildman–Crippen LogP) is 1.21. The van der Waals surface area contributed by atoms with Crippen molar-refractivity contribution < 1.29 is 5.11 Å². The molecule has 4 nitrogen and oxygen atoms in total. The summed E-state index contributed by atoms with van der Waals surface area (Å²) < 4.78 is 0. The van der Waals surface area contributed by atoms with Gasteiger partial charge in [0.1, 0.15) is 0 Å². The van der Waals surface area contributed by atoms with Gasteiger partial charge >= 0.3 is 0 Å². The topological polar surface area (TPSA) is 50.5 Å². The Bertz CT molecular complexity index is 289. The van der Waals surface area contributed by atoms with Crippen molar-refractivity contribution in [3.63, 3.8) is 0 Å². The van der Waals surface area contributed by atoms with Crippen LogP contribution in [0.4, 0.5) is 0 Å². The van der Waals surface area contributed by atoms with E-state index in [2.05, 4.69) is 15.9 Å². The summed E-state index contributed by atoms with van der Waals surface area (Å²) >= 11 is 0. The monoisotopic (exact) mass is 251 g/mol. The van der Waals surface area contributed by atoms with Crippen LogP contribution in [0.1, 0.15) is 38.5 Å². The molecule has 2 aliphatic heterocycles. The average molecular weight is 251 g/mol. The molecule has 0 aromatic heterocycles. The van der Waals surface area contributed by atoms with Crippen LogP contribution in [0.3, 0.4) is 0 Å². The van der Waals surface area contributed by atoms with Crippen molar-refractivity contribution in [1.82, 2.24) is 9.80 Å². The van der Waals surface area contributed by atoms with Crippen molar-refractivity contribution in [1.29, 1.82) is 5.26 Å². The molecule has 0 bridgehead atoms. The molecule has 18 heavy (non-hydrogen) atoms. The van der Waals surface area contributed by atoms with Gasteiger partial charge in [-0.1, -0.05) is 0 Å². The fourth-order valence-electron chi connectivity index (χ4n) is 3.37. The molecule has 0 amide bonds. The number of unbranched alkanes of at least 4 members (excludes halogenated alkanes) is 1. The fourth-order valence-corrected chi connectivity index (χ4v) is 3.37. The number of aliphatic hydroxyl groups is 1. The van der Waals surface area contributed by atoms with Crippen molar-refractivity contribution >= 4 is 0 Å². The summed E-state index contributed by atoms with van der Waals surface area (Å²) in [5.41, 5.74) is 0. The van der Waals surface area contributed by atoms with Crippen LogP contribution in [0.2, 0.25) is 0 Å². The number of nitrogens with zero attached hydrogens (tertiary/aromatic N) is 3. The molecule has 2 rings (SSSR count). The van der Waals surface area contributed by atoms with E-state index in [9.17, 15) is 5.11 Å². The first-order valence-corrected chi connectivity index (χ1v) is 7.31. The van der Waals surface area contributed by atoms with E-state index < -0.39 is 0 Å². The first-order valence-electron chi connectivity index (χ1n) is 7.31. The van der Waals surface area contributed by atoms with Gasteiger partial charge in [-0.05, 0) is 51.7 Å². The zero-order valence-corrected chi connectivity index (χ0v) is 11.2. The highest BCUT2D eigenvalue weighted by molar-refractivity contribution is 4.87. The Balaban J connectivity index is 1.78. The van der Waals surface area contributed by atoms with Gasteiger partial charge in [-0.25, -0.2) is 0 Å². The zero-order chi connectivity index (χ0) is 12.8. The standard InChI is InChI=1S/C14H25N3O/c15-7-1-2-8-16-9-3-5-13(16)11-17-10-4-6-14(17)12-18/h13-14,18H,1-6,8-12H2. The number of hydrogen-bond acceptors (Lipinski definition) is 4. The second-order valence-corrected chi connectivity index (χ2v) is 5.57. The second kappa shape index (κ2) is 7.08. The lowest BCUT2D eigenvalue weighted by molar-refractivity contribution is 0.122. The first kappa shape index (κ1) is 13.8. The summed E-state index contributed by atoms with van der Waals surface area (Å²) in [6.45, 7) is 4.82. The van der Waals surface area contributed by atoms with Crippen LogP contribution in [-0.2, 0) is 0 Å². The third kappa shape index (κ3) is 3.44. The Hall–Kier alpha value is -0.630. The highest BCUT2D eigenvalue weighted by atomic mass is 16.3. The van der Waals surface area contributed by atoms with Crippen molar-refractivity contribution in [2.75, 3.05) is 32.8 Å². The van der Waals surface area contributed by atoms with E-state index in [0.717, 1.165) is 32.5 Å². The molecule has 1 N–H and O–H groups in total. The number of aliphatic hydroxyl groups excluding tert-OH is 1. The Labute approximate surface area is 110 Å². The summed E-state index contributed by atoms with van der Waals surface area (Å²) in [6.07, 6.45) is 6.61. The molecule has 2 aliphatic rings. The molecule has 102 valence electrons. The maximum absolute atomic E-state index is 9.36. The maximum Gasteiger partial charge on any atom is 0.0622 e. The maximum atomic E-state index is 9.36. The SMILES string of the molecule is N#CCCCN1CCCC1CN1CCCC1CO. The summed E-state index contributed by atoms with van der Waals surface area (Å²) in [6, 6.07) is 3.27. The van der Waals surface area contributed by atoms with Crippen molar-refractivity contribution in [2.45, 2.75) is 50.6 Å². The predicted molar refractivity (Wildman–Crippen MR) is 71.1 cm³/mol. The molecular weight excluding hydrogens is 226 g/mol. The van der Waals surface area contributed by atoms with Gasteiger partial charge in [0.05, 0.1) is 12.7 Å². The van der Waals surface area contributed by atoms with Crippen LogP contribution in [0.5, 0.6) is 0 Å². The number of nitriles is 1. The van der Waals surface area contributed by atoms with Gasteiger partial charge in [0.25, 0.3) is 0 Å². The smallest absolute Gasteiger partial charge is 0.0622 e. The Morgan fingerprint density at radius 1 is 1.11 bits per heavy atom. The number of hydrogen-bond donors (Lipinski definition) is 1. The summed E-state index contributed by atoms with van der Waals surface area (Å²) in [5, 5.41) is 18.0. The minimum atomic E-state index is 0.307. The molecule has 2 unspecified atom stereocenters. The summed E-state index contributed by atoms with van der Waals surface area (Å²) in [4.78, 5) is 5.01. The van der Waals surface area contributed by atoms with Crippen LogP contribution >= 0.6 is 0 Å². The number of rotatable bonds is 6. The fraction of sp³-hybridized carbons (Fsp3) is 0.929. The average Bonchev–Trinajstić information content (AvgIpc) is 3.00. The minimum Gasteiger partial charge on any atom is -0.395 e. The Morgan fingerprint density at radius 3 is 2.56 bits per heavy atom. The highest BCUT2D eigenvalue weighted by Crippen LogP contribution is 2.23. The van der Waals surface area contributed by atoms with Gasteiger partial charge in [-0.15, -0.1) is 0 Å². The van der Waals surface area contributed by atoms with Crippen LogP contribution < -0.4 is 0 Å². The molecule has 0 aromatic carbocycles. The third-order valence-electron chi connectivity index (χ3n) is 4.39. The lowest BCUT2D eigenvalue weighted by atomic mass is 10.1. The van der Waals surface area contributed by atoms with Crippen molar-refractivity contribution in [3.05, 3.63) is 0 Å². The number of likely N-dealkylation sites (tertiary alicyclic amines) is 2. The van der Waals surface area contributed by atoms with Crippen LogP contribution in [0.15, 0.2) is 0 Å². The van der Waals surface area contributed by atoms with E-state index in [1.165, 1.54) is 25.8 Å². The lowest BCUT2D eigenvalue weighted by Gasteiger charge is -2.31. The lowest BCUT2D eigenvalue weighted by Crippen LogP contribution is -2.43. The van der Waals surface area contributed by atoms with Gasteiger partial charge in [0.2, 0.25) is 0 Å². The molecule has 2 heterocycles. The van der Waals surface area contributed by atoms with E-state index >= 15 is 0 Å². The zero-order valence-electron chi connectivity index (χ0n) is 11.2. The molecule has 0 aliphatic carbocycles. The van der Waals surface area contributed by atoms with Gasteiger partial charge in [0, 0.05) is 25.0 Å². The first-order chi connectivity index (χ1) is 8.85. The van der Waals surface area contributed by atoms with E-state index in [4.69, 9.17) is 5.26 Å². The van der Waals surface area contributed by atoms with Gasteiger partial charge in [-0.2, -0.15) is 5.26 Å². The molecule has 4 heteroatoms. The largest absolute Gasteiger partial charge is 0.395 e. The molecule has 0 radical (unpaired) electrons. The van der Waals surface area contributed by atoms with Crippen LogP contribution in [0.25, 0.3) is 0 Å². The molecule has 2 atom stereocenters. The second-order valence-electron chi connectivity index (χ2n) is 5.57. The van der Waals surface area contributed by atoms with Gasteiger partial charge in [-0.3, -0.25) is 9.80 Å². The molecular formula is C14H25N3O. The molecule has 0 aromatic rings. The van der Waals surface area contributed by atoms with E-state index in [1.807, 2.05) is 0 Å². The van der Waals surface area contributed by atoms with E-state index in [-0.39, 0.29) is 0 Å². The highest BCUT2D eigenvalue weighted by Gasteiger charge is 2.30. The molecule has 2 saturated heterocycles. The summed E-state index contributed by atoms with van der Waals surface area (Å²) in [7, 11) is 0. The normalized spacial score (nSPS) is 29.8. The minimum absolute atomic E-state index is 0.307. The molecule has 2 fully saturated rings. The molecule has 0 spiro atoms. The molecule has 0 saturated carbocycles. The van der Waals surface area contributed by atoms with E-state index in [1.54, 1.807) is 0 Å². The quantitative estimate of drug-likeness (QED) is 0.721. The Morgan fingerprint density at radius 2 is 1.83 bits per heavy atom. The van der Waals surface area contributed by atoms with Crippen LogP contribution in [0, 0.1) is 11.3 Å². The van der Waals surface area contributed by atoms with Gasteiger partial charge < -0.3 is 5.11 Å².